The van der Waals surface area contributed by atoms with Crippen LogP contribution in [0.2, 0.25) is 0 Å². The van der Waals surface area contributed by atoms with Crippen LogP contribution in [0, 0.1) is 12.7 Å². The number of hydrogen-bond donors (Lipinski definition) is 0. The first-order valence-electron chi connectivity index (χ1n) is 20.2. The Kier molecular flexibility index (Phi) is 15.1. The molecule has 0 N–H and O–H groups in total. The Labute approximate surface area is 364 Å². The summed E-state index contributed by atoms with van der Waals surface area (Å²) in [5, 5.41) is 1.10. The van der Waals surface area contributed by atoms with Crippen LogP contribution in [-0.2, 0) is 42.9 Å². The van der Waals surface area contributed by atoms with E-state index >= 15 is 4.39 Å². The van der Waals surface area contributed by atoms with Gasteiger partial charge in [-0.1, -0.05) is 12.1 Å². The molecule has 0 fully saturated rings. The summed E-state index contributed by atoms with van der Waals surface area (Å²) in [6.07, 6.45) is 0. The second-order valence-electron chi connectivity index (χ2n) is 15.1. The number of rotatable bonds is 10. The van der Waals surface area contributed by atoms with Gasteiger partial charge in [0.05, 0.1) is 30.7 Å². The molecule has 0 saturated carbocycles. The maximum Gasteiger partial charge on any atom is 0.328 e. The molecule has 3 aromatic rings. The average Bonchev–Trinajstić information content (AvgIpc) is 3.23. The van der Waals surface area contributed by atoms with Gasteiger partial charge in [-0.15, -0.1) is 0 Å². The zero-order chi connectivity index (χ0) is 45.2. The van der Waals surface area contributed by atoms with Gasteiger partial charge in [0, 0.05) is 69.3 Å². The van der Waals surface area contributed by atoms with E-state index in [0.29, 0.717) is 56.3 Å². The number of carbonyl (C=O) groups is 4. The van der Waals surface area contributed by atoms with E-state index in [1.807, 2.05) is 80.5 Å². The highest BCUT2D eigenvalue weighted by Gasteiger charge is 2.25. The Morgan fingerprint density at radius 2 is 1.32 bits per heavy atom. The highest BCUT2D eigenvalue weighted by atomic mass is 19.1. The van der Waals surface area contributed by atoms with Crippen LogP contribution in [0.1, 0.15) is 19.4 Å². The molecule has 1 aliphatic carbocycles. The number of ether oxygens (including phenoxy) is 7. The fourth-order valence-electron chi connectivity index (χ4n) is 6.95. The van der Waals surface area contributed by atoms with Gasteiger partial charge in [-0.3, -0.25) is 19.2 Å². The number of benzene rings is 4. The van der Waals surface area contributed by atoms with Gasteiger partial charge in [0.1, 0.15) is 63.2 Å². The summed E-state index contributed by atoms with van der Waals surface area (Å²) in [6, 6.07) is 20.1. The van der Waals surface area contributed by atoms with Gasteiger partial charge < -0.3 is 52.3 Å². The lowest BCUT2D eigenvalue weighted by atomic mass is 9.93. The number of esters is 4. The van der Waals surface area contributed by atoms with Crippen LogP contribution in [-0.4, -0.2) is 118 Å². The molecule has 0 bridgehead atoms. The van der Waals surface area contributed by atoms with Gasteiger partial charge in [0.25, 0.3) is 0 Å². The first-order chi connectivity index (χ1) is 30.2. The summed E-state index contributed by atoms with van der Waals surface area (Å²) < 4.78 is 62.9. The van der Waals surface area contributed by atoms with E-state index in [-0.39, 0.29) is 52.6 Å². The van der Waals surface area contributed by atoms with Crippen LogP contribution in [0.15, 0.2) is 71.1 Å². The van der Waals surface area contributed by atoms with E-state index < -0.39 is 43.3 Å². The van der Waals surface area contributed by atoms with E-state index in [1.165, 1.54) is 19.9 Å². The molecule has 334 valence electrons. The fourth-order valence-corrected chi connectivity index (χ4v) is 6.95. The lowest BCUT2D eigenvalue weighted by Crippen LogP contribution is -2.36. The number of carbonyl (C=O) groups excluding carboxylic acids is 4. The van der Waals surface area contributed by atoms with E-state index in [1.54, 1.807) is 34.5 Å². The molecule has 63 heavy (non-hydrogen) atoms. The minimum atomic E-state index is -0.678. The molecule has 3 aliphatic rings. The van der Waals surface area contributed by atoms with Gasteiger partial charge in [-0.25, -0.2) is 4.58 Å². The number of halogens is 1. The quantitative estimate of drug-likeness (QED) is 0.0801. The molecule has 2 aliphatic heterocycles. The lowest BCUT2D eigenvalue weighted by Gasteiger charge is -2.27. The molecule has 0 amide bonds. The number of anilines is 3. The number of hydrogen-bond acceptors (Lipinski definition) is 15. The monoisotopic (exact) mass is 871 g/mol. The Morgan fingerprint density at radius 3 is 1.89 bits per heavy atom. The summed E-state index contributed by atoms with van der Waals surface area (Å²) in [5.74, 6) is -1.61. The highest BCUT2D eigenvalue weighted by molar-refractivity contribution is 6.03. The summed E-state index contributed by atoms with van der Waals surface area (Å²) >= 11 is 0. The van der Waals surface area contributed by atoms with Crippen LogP contribution in [0.25, 0.3) is 33.4 Å². The molecular weight excluding hydrogens is 820 g/mol. The van der Waals surface area contributed by atoms with Crippen molar-refractivity contribution in [1.82, 2.24) is 4.58 Å². The second kappa shape index (κ2) is 20.8. The molecule has 17 heteroatoms. The first-order valence-corrected chi connectivity index (χ1v) is 20.2. The minimum absolute atomic E-state index is 0.0358. The van der Waals surface area contributed by atoms with Crippen LogP contribution < -0.4 is 34.1 Å². The van der Waals surface area contributed by atoms with Crippen molar-refractivity contribution >= 4 is 51.9 Å². The van der Waals surface area contributed by atoms with Crippen LogP contribution in [0.5, 0.6) is 11.5 Å². The van der Waals surface area contributed by atoms with Crippen molar-refractivity contribution in [3.63, 3.8) is 0 Å². The zero-order valence-electron chi connectivity index (χ0n) is 36.5. The molecular formula is C46H52FN4O12+. The second-order valence-corrected chi connectivity index (χ2v) is 15.1. The van der Waals surface area contributed by atoms with Crippen molar-refractivity contribution in [2.45, 2.75) is 20.8 Å². The van der Waals surface area contributed by atoms with Crippen molar-refractivity contribution in [3.8, 4) is 33.9 Å². The molecule has 6 rings (SSSR count). The van der Waals surface area contributed by atoms with E-state index in [2.05, 4.69) is 0 Å². The van der Waals surface area contributed by atoms with Gasteiger partial charge >= 0.3 is 23.9 Å². The molecule has 0 atom stereocenters. The maximum absolute atomic E-state index is 15.8. The Hall–Kier alpha value is -6.88. The number of aryl methyl sites for hydroxylation is 1. The first kappa shape index (κ1) is 45.6. The predicted octanol–water partition coefficient (Wildman–Crippen LogP) is 4.98. The fraction of sp³-hybridized carbons (Fsp3) is 0.370. The molecule has 2 heterocycles. The van der Waals surface area contributed by atoms with E-state index in [9.17, 15) is 19.2 Å². The molecule has 0 spiro atoms. The topological polar surface area (TPSA) is 159 Å². The third kappa shape index (κ3) is 11.7. The molecule has 0 saturated heterocycles. The van der Waals surface area contributed by atoms with E-state index in [4.69, 9.17) is 37.6 Å². The van der Waals surface area contributed by atoms with Gasteiger partial charge in [0.15, 0.2) is 5.82 Å². The number of nitrogens with zero attached hydrogens (tertiary/aromatic N) is 4. The largest absolute Gasteiger partial charge is 0.488 e. The third-order valence-corrected chi connectivity index (χ3v) is 10.0. The normalized spacial score (nSPS) is 13.3. The molecule has 0 radical (unpaired) electrons. The zero-order valence-corrected chi connectivity index (χ0v) is 36.5. The van der Waals surface area contributed by atoms with Crippen LogP contribution in [0.3, 0.4) is 0 Å². The summed E-state index contributed by atoms with van der Waals surface area (Å²) in [4.78, 5) is 54.2. The van der Waals surface area contributed by atoms with Gasteiger partial charge in [0.2, 0.25) is 18.9 Å². The van der Waals surface area contributed by atoms with Crippen molar-refractivity contribution in [2.75, 3.05) is 109 Å². The smallest absolute Gasteiger partial charge is 0.328 e. The summed E-state index contributed by atoms with van der Waals surface area (Å²) in [7, 11) is 7.39. The molecule has 0 unspecified atom stereocenters. The Balaban J connectivity index is 1.42. The van der Waals surface area contributed by atoms with Crippen molar-refractivity contribution in [2.24, 2.45) is 0 Å². The molecule has 3 aromatic carbocycles. The van der Waals surface area contributed by atoms with Gasteiger partial charge in [-0.2, -0.15) is 4.39 Å². The van der Waals surface area contributed by atoms with Crippen molar-refractivity contribution < 1.29 is 61.1 Å². The van der Waals surface area contributed by atoms with Crippen LogP contribution in [0.4, 0.5) is 21.5 Å². The highest BCUT2D eigenvalue weighted by Crippen LogP contribution is 2.44. The Morgan fingerprint density at radius 1 is 0.730 bits per heavy atom. The molecule has 0 aromatic heterocycles. The van der Waals surface area contributed by atoms with E-state index in [0.717, 1.165) is 16.6 Å². The van der Waals surface area contributed by atoms with Crippen molar-refractivity contribution in [1.29, 1.82) is 0 Å². The lowest BCUT2D eigenvalue weighted by molar-refractivity contribution is -0.166. The van der Waals surface area contributed by atoms with Gasteiger partial charge in [-0.05, 0) is 60.5 Å². The SMILES string of the molecule is CC(=O)OCOC(=O)CN1CCOCCN(CC(=O)OCOC(C)=O)c2ccc(-c3c4cc(F)c(=[N+](C)C)cc-4oc4cc(N(C)C)ccc34)cc2OCCOc2cc(C)ccc21. The maximum atomic E-state index is 15.8. The van der Waals surface area contributed by atoms with Crippen molar-refractivity contribution in [3.05, 3.63) is 83.5 Å². The third-order valence-electron chi connectivity index (χ3n) is 10.0. The standard InChI is InChI=1S/C46H52FN4O12/c1-29-8-12-37-42(20-29)57-18-19-58-43-21-32(46-34-11-10-33(48(4)5)22-40(34)63-41-24-39(49(6)7)36(47)23-35(41)46)9-13-38(43)51(26-45(55)62-28-60-31(3)53)15-17-56-16-14-50(37)25-44(54)61-27-59-30(2)52/h8-13,20-24H,14-19,25-28H2,1-7H3/q+1. The summed E-state index contributed by atoms with van der Waals surface area (Å²) in [5.41, 5.74) is 5.43. The number of fused-ring (bicyclic) bond motifs is 4. The average molecular weight is 872 g/mol. The predicted molar refractivity (Wildman–Crippen MR) is 233 cm³/mol. The Bertz CT molecular complexity index is 2520. The molecule has 16 nitrogen and oxygen atoms in total. The summed E-state index contributed by atoms with van der Waals surface area (Å²) in [6.45, 7) is 3.57. The van der Waals surface area contributed by atoms with Crippen LogP contribution >= 0.6 is 0 Å². The minimum Gasteiger partial charge on any atom is -0.488 e.